The molecule has 0 aliphatic heterocycles. The van der Waals surface area contributed by atoms with E-state index in [2.05, 4.69) is 21.2 Å². The maximum atomic E-state index is 12.3. The Kier molecular flexibility index (Phi) is 6.66. The molecule has 4 nitrogen and oxygen atoms in total. The van der Waals surface area contributed by atoms with E-state index in [1.165, 1.54) is 0 Å². The number of anilines is 1. The zero-order valence-corrected chi connectivity index (χ0v) is 16.2. The monoisotopic (exact) mass is 410 g/mol. The van der Waals surface area contributed by atoms with Gasteiger partial charge < -0.3 is 10.1 Å². The fraction of sp³-hybridized carbons (Fsp3) is 0.278. The molecule has 0 aliphatic carbocycles. The first-order valence-corrected chi connectivity index (χ1v) is 8.63. The van der Waals surface area contributed by atoms with Crippen LogP contribution in [0.3, 0.4) is 0 Å². The lowest BCUT2D eigenvalue weighted by Gasteiger charge is -2.18. The van der Waals surface area contributed by atoms with Crippen LogP contribution in [0.1, 0.15) is 11.1 Å². The van der Waals surface area contributed by atoms with Crippen LogP contribution in [0.15, 0.2) is 40.9 Å². The number of hydrogen-bond acceptors (Lipinski definition) is 3. The van der Waals surface area contributed by atoms with Crippen molar-refractivity contribution in [3.05, 3.63) is 57.0 Å². The summed E-state index contributed by atoms with van der Waals surface area (Å²) >= 11 is 9.61. The first-order chi connectivity index (χ1) is 11.4. The van der Waals surface area contributed by atoms with Crippen molar-refractivity contribution in [3.8, 4) is 5.75 Å². The number of hydrogen-bond donors (Lipinski definition) is 1. The van der Waals surface area contributed by atoms with Gasteiger partial charge in [0.2, 0.25) is 5.91 Å². The third-order valence-electron chi connectivity index (χ3n) is 3.57. The molecule has 0 atom stereocenters. The maximum Gasteiger partial charge on any atom is 0.238 e. The molecule has 2 rings (SSSR count). The summed E-state index contributed by atoms with van der Waals surface area (Å²) in [5.74, 6) is 0.442. The van der Waals surface area contributed by atoms with Crippen LogP contribution in [0.25, 0.3) is 0 Å². The molecule has 0 spiro atoms. The van der Waals surface area contributed by atoms with E-state index in [0.29, 0.717) is 23.0 Å². The number of ether oxygens (including phenoxy) is 1. The van der Waals surface area contributed by atoms with E-state index in [1.807, 2.05) is 49.2 Å². The van der Waals surface area contributed by atoms with Crippen molar-refractivity contribution < 1.29 is 9.53 Å². The minimum atomic E-state index is -0.107. The number of rotatable bonds is 6. The lowest BCUT2D eigenvalue weighted by molar-refractivity contribution is -0.117. The minimum Gasteiger partial charge on any atom is -0.495 e. The van der Waals surface area contributed by atoms with Crippen LogP contribution in [-0.4, -0.2) is 31.5 Å². The molecule has 0 saturated carbocycles. The predicted molar refractivity (Wildman–Crippen MR) is 102 cm³/mol. The molecule has 0 radical (unpaired) electrons. The number of benzene rings is 2. The number of carbonyl (C=O) groups excluding carboxylic acids is 1. The third-order valence-corrected chi connectivity index (χ3v) is 4.75. The summed E-state index contributed by atoms with van der Waals surface area (Å²) in [5.41, 5.74) is 2.64. The summed E-state index contributed by atoms with van der Waals surface area (Å²) in [6, 6.07) is 11.5. The van der Waals surface area contributed by atoms with E-state index < -0.39 is 0 Å². The topological polar surface area (TPSA) is 41.6 Å². The highest BCUT2D eigenvalue weighted by Gasteiger charge is 2.13. The summed E-state index contributed by atoms with van der Waals surface area (Å²) in [6.45, 7) is 2.83. The molecule has 0 bridgehead atoms. The van der Waals surface area contributed by atoms with E-state index in [-0.39, 0.29) is 12.5 Å². The molecule has 6 heteroatoms. The number of carbonyl (C=O) groups is 1. The molecule has 2 aromatic carbocycles. The number of amides is 1. The zero-order chi connectivity index (χ0) is 17.7. The highest BCUT2D eigenvalue weighted by molar-refractivity contribution is 9.10. The van der Waals surface area contributed by atoms with Gasteiger partial charge in [-0.25, -0.2) is 0 Å². The van der Waals surface area contributed by atoms with Gasteiger partial charge in [0.1, 0.15) is 5.75 Å². The van der Waals surface area contributed by atoms with Crippen LogP contribution < -0.4 is 10.1 Å². The van der Waals surface area contributed by atoms with Crippen LogP contribution in [0.5, 0.6) is 5.75 Å². The van der Waals surface area contributed by atoms with Crippen LogP contribution in [0, 0.1) is 6.92 Å². The zero-order valence-electron chi connectivity index (χ0n) is 13.9. The third kappa shape index (κ3) is 4.97. The summed E-state index contributed by atoms with van der Waals surface area (Å²) < 4.78 is 6.31. The molecule has 0 aromatic heterocycles. The lowest BCUT2D eigenvalue weighted by atomic mass is 10.2. The lowest BCUT2D eigenvalue weighted by Crippen LogP contribution is -2.30. The molecule has 0 heterocycles. The van der Waals surface area contributed by atoms with E-state index in [1.54, 1.807) is 13.2 Å². The van der Waals surface area contributed by atoms with E-state index in [9.17, 15) is 4.79 Å². The smallest absolute Gasteiger partial charge is 0.238 e. The fourth-order valence-electron chi connectivity index (χ4n) is 2.34. The molecular formula is C18H20BrClN2O2. The largest absolute Gasteiger partial charge is 0.495 e. The minimum absolute atomic E-state index is 0.107. The second kappa shape index (κ2) is 8.51. The first-order valence-electron chi connectivity index (χ1n) is 7.46. The number of aryl methyl sites for hydroxylation is 1. The number of halogens is 2. The van der Waals surface area contributed by atoms with Crippen molar-refractivity contribution >= 4 is 39.1 Å². The number of methoxy groups -OCH3 is 1. The Balaban J connectivity index is 2.00. The van der Waals surface area contributed by atoms with Crippen molar-refractivity contribution in [3.63, 3.8) is 0 Å². The molecule has 128 valence electrons. The van der Waals surface area contributed by atoms with E-state index >= 15 is 0 Å². The van der Waals surface area contributed by atoms with E-state index in [4.69, 9.17) is 16.3 Å². The number of likely N-dealkylation sites (N-methyl/N-ethyl adjacent to an activating group) is 1. The van der Waals surface area contributed by atoms with E-state index in [0.717, 1.165) is 15.6 Å². The number of nitrogens with zero attached hydrogens (tertiary/aromatic N) is 1. The second-order valence-corrected chi connectivity index (χ2v) is 6.88. The van der Waals surface area contributed by atoms with Crippen LogP contribution in [0.2, 0.25) is 5.02 Å². The van der Waals surface area contributed by atoms with Gasteiger partial charge in [0, 0.05) is 22.1 Å². The second-order valence-electron chi connectivity index (χ2n) is 5.61. The standard InChI is InChI=1S/C18H20BrClN2O2/c1-12-8-16(17(24-3)9-15(12)20)21-18(23)11-22(2)10-13-6-4-5-7-14(13)19/h4-9H,10-11H2,1-3H3,(H,21,23). The van der Waals surface area contributed by atoms with Gasteiger partial charge in [0.15, 0.2) is 0 Å². The van der Waals surface area contributed by atoms with Gasteiger partial charge in [-0.15, -0.1) is 0 Å². The Morgan fingerprint density at radius 2 is 2.04 bits per heavy atom. The summed E-state index contributed by atoms with van der Waals surface area (Å²) in [5, 5.41) is 3.49. The predicted octanol–water partition coefficient (Wildman–Crippen LogP) is 4.49. The Morgan fingerprint density at radius 3 is 2.71 bits per heavy atom. The van der Waals surface area contributed by atoms with Crippen molar-refractivity contribution in [1.29, 1.82) is 0 Å². The number of nitrogens with one attached hydrogen (secondary N) is 1. The van der Waals surface area contributed by atoms with Gasteiger partial charge in [-0.1, -0.05) is 45.7 Å². The van der Waals surface area contributed by atoms with Gasteiger partial charge in [0.05, 0.1) is 19.3 Å². The fourth-order valence-corrected chi connectivity index (χ4v) is 2.90. The first kappa shape index (κ1) is 18.8. The molecule has 2 aromatic rings. The molecule has 0 fully saturated rings. The quantitative estimate of drug-likeness (QED) is 0.761. The van der Waals surface area contributed by atoms with Gasteiger partial charge in [-0.3, -0.25) is 9.69 Å². The average Bonchev–Trinajstić information content (AvgIpc) is 2.52. The van der Waals surface area contributed by atoms with Crippen molar-refractivity contribution in [2.45, 2.75) is 13.5 Å². The molecule has 1 N–H and O–H groups in total. The Bertz CT molecular complexity index is 737. The maximum absolute atomic E-state index is 12.3. The van der Waals surface area contributed by atoms with Crippen LogP contribution in [-0.2, 0) is 11.3 Å². The van der Waals surface area contributed by atoms with Gasteiger partial charge in [-0.05, 0) is 37.2 Å². The summed E-state index contributed by atoms with van der Waals surface area (Å²) in [6.07, 6.45) is 0. The van der Waals surface area contributed by atoms with Crippen molar-refractivity contribution in [2.75, 3.05) is 26.0 Å². The Labute approximate surface area is 155 Å². The van der Waals surface area contributed by atoms with Gasteiger partial charge in [-0.2, -0.15) is 0 Å². The highest BCUT2D eigenvalue weighted by Crippen LogP contribution is 2.30. The average molecular weight is 412 g/mol. The van der Waals surface area contributed by atoms with Crippen LogP contribution >= 0.6 is 27.5 Å². The Morgan fingerprint density at radius 1 is 1.33 bits per heavy atom. The van der Waals surface area contributed by atoms with Gasteiger partial charge in [0.25, 0.3) is 0 Å². The highest BCUT2D eigenvalue weighted by atomic mass is 79.9. The molecule has 0 aliphatic rings. The normalized spacial score (nSPS) is 10.8. The molecule has 1 amide bonds. The van der Waals surface area contributed by atoms with Gasteiger partial charge >= 0.3 is 0 Å². The molecular weight excluding hydrogens is 392 g/mol. The van der Waals surface area contributed by atoms with Crippen LogP contribution in [0.4, 0.5) is 5.69 Å². The summed E-state index contributed by atoms with van der Waals surface area (Å²) in [7, 11) is 3.46. The molecule has 0 unspecified atom stereocenters. The summed E-state index contributed by atoms with van der Waals surface area (Å²) in [4.78, 5) is 14.3. The SMILES string of the molecule is COc1cc(Cl)c(C)cc1NC(=O)CN(C)Cc1ccccc1Br. The molecule has 0 saturated heterocycles. The van der Waals surface area contributed by atoms with Crippen molar-refractivity contribution in [1.82, 2.24) is 4.90 Å². The molecule has 24 heavy (non-hydrogen) atoms. The Hall–Kier alpha value is -1.56. The van der Waals surface area contributed by atoms with Crippen molar-refractivity contribution in [2.24, 2.45) is 0 Å².